The van der Waals surface area contributed by atoms with Gasteiger partial charge >= 0.3 is 5.97 Å². The molecule has 0 unspecified atom stereocenters. The average molecular weight is 287 g/mol. The molecule has 6 heteroatoms. The monoisotopic (exact) mass is 286 g/mol. The molecule has 0 aliphatic rings. The summed E-state index contributed by atoms with van der Waals surface area (Å²) in [5, 5.41) is 8.69. The SMILES string of the molecule is O=C(O)c1ccc(-c2cc(F)ccc2Cl)c(F)c1F. The minimum atomic E-state index is -1.59. The highest BCUT2D eigenvalue weighted by atomic mass is 35.5. The molecule has 0 fully saturated rings. The third kappa shape index (κ3) is 2.42. The molecule has 0 bridgehead atoms. The fourth-order valence-corrected chi connectivity index (χ4v) is 1.85. The zero-order valence-corrected chi connectivity index (χ0v) is 10.0. The second-order valence-corrected chi connectivity index (χ2v) is 4.13. The molecule has 0 aromatic heterocycles. The zero-order chi connectivity index (χ0) is 14.2. The lowest BCUT2D eigenvalue weighted by molar-refractivity contribution is 0.0690. The molecule has 2 aromatic rings. The Balaban J connectivity index is 2.67. The van der Waals surface area contributed by atoms with Crippen LogP contribution >= 0.6 is 11.6 Å². The van der Waals surface area contributed by atoms with E-state index in [-0.39, 0.29) is 16.1 Å². The Morgan fingerprint density at radius 2 is 1.68 bits per heavy atom. The molecule has 0 saturated heterocycles. The quantitative estimate of drug-likeness (QED) is 0.901. The maximum atomic E-state index is 13.8. The molecule has 0 aliphatic heterocycles. The van der Waals surface area contributed by atoms with Crippen LogP contribution in [0.25, 0.3) is 11.1 Å². The van der Waals surface area contributed by atoms with Crippen molar-refractivity contribution in [1.29, 1.82) is 0 Å². The molecule has 2 rings (SSSR count). The van der Waals surface area contributed by atoms with Crippen LogP contribution in [-0.2, 0) is 0 Å². The van der Waals surface area contributed by atoms with Crippen LogP contribution in [0, 0.1) is 17.5 Å². The lowest BCUT2D eigenvalue weighted by Crippen LogP contribution is -2.04. The van der Waals surface area contributed by atoms with Gasteiger partial charge in [-0.1, -0.05) is 17.7 Å². The standard InChI is InChI=1S/C13H6ClF3O2/c14-10-4-1-6(15)5-9(10)7-2-3-8(13(18)19)12(17)11(7)16/h1-5H,(H,18,19). The van der Waals surface area contributed by atoms with Crippen LogP contribution in [0.4, 0.5) is 13.2 Å². The molecule has 0 amide bonds. The number of rotatable bonds is 2. The number of aromatic carboxylic acids is 1. The van der Waals surface area contributed by atoms with E-state index >= 15 is 0 Å². The number of carboxylic acid groups (broad SMARTS) is 1. The summed E-state index contributed by atoms with van der Waals surface area (Å²) in [5.41, 5.74) is -1.14. The second kappa shape index (κ2) is 4.93. The zero-order valence-electron chi connectivity index (χ0n) is 9.25. The van der Waals surface area contributed by atoms with E-state index in [1.165, 1.54) is 6.07 Å². The van der Waals surface area contributed by atoms with Crippen molar-refractivity contribution in [3.63, 3.8) is 0 Å². The van der Waals surface area contributed by atoms with Gasteiger partial charge in [0.05, 0.1) is 5.56 Å². The van der Waals surface area contributed by atoms with Crippen LogP contribution in [0.5, 0.6) is 0 Å². The summed E-state index contributed by atoms with van der Waals surface area (Å²) in [6.07, 6.45) is 0. The fraction of sp³-hybridized carbons (Fsp3) is 0. The minimum absolute atomic E-state index is 0.0303. The van der Waals surface area contributed by atoms with Crippen molar-refractivity contribution in [2.75, 3.05) is 0 Å². The highest BCUT2D eigenvalue weighted by Crippen LogP contribution is 2.32. The Bertz CT molecular complexity index is 671. The predicted octanol–water partition coefficient (Wildman–Crippen LogP) is 4.12. The molecule has 98 valence electrons. The summed E-state index contributed by atoms with van der Waals surface area (Å²) in [4.78, 5) is 10.7. The Kier molecular flexibility index (Phi) is 3.48. The van der Waals surface area contributed by atoms with E-state index in [1.54, 1.807) is 0 Å². The van der Waals surface area contributed by atoms with Gasteiger partial charge in [0.1, 0.15) is 5.82 Å². The summed E-state index contributed by atoms with van der Waals surface area (Å²) in [7, 11) is 0. The van der Waals surface area contributed by atoms with Crippen molar-refractivity contribution in [2.45, 2.75) is 0 Å². The topological polar surface area (TPSA) is 37.3 Å². The predicted molar refractivity (Wildman–Crippen MR) is 63.7 cm³/mol. The van der Waals surface area contributed by atoms with Crippen molar-refractivity contribution < 1.29 is 23.1 Å². The first-order valence-electron chi connectivity index (χ1n) is 5.08. The molecule has 0 spiro atoms. The summed E-state index contributed by atoms with van der Waals surface area (Å²) in [6.45, 7) is 0. The van der Waals surface area contributed by atoms with Gasteiger partial charge in [0.2, 0.25) is 0 Å². The molecule has 0 atom stereocenters. The first-order valence-corrected chi connectivity index (χ1v) is 5.46. The minimum Gasteiger partial charge on any atom is -0.478 e. The molecule has 0 heterocycles. The van der Waals surface area contributed by atoms with Gasteiger partial charge < -0.3 is 5.11 Å². The average Bonchev–Trinajstić information content (AvgIpc) is 2.35. The van der Waals surface area contributed by atoms with E-state index in [4.69, 9.17) is 16.7 Å². The van der Waals surface area contributed by atoms with Gasteiger partial charge in [-0.25, -0.2) is 18.0 Å². The Hall–Kier alpha value is -2.01. The molecule has 2 nitrogen and oxygen atoms in total. The van der Waals surface area contributed by atoms with Crippen molar-refractivity contribution in [3.05, 3.63) is 58.4 Å². The lowest BCUT2D eigenvalue weighted by Gasteiger charge is -2.08. The summed E-state index contributed by atoms with van der Waals surface area (Å²) in [6, 6.07) is 5.17. The number of halogens is 4. The molecule has 2 aromatic carbocycles. The first-order chi connectivity index (χ1) is 8.91. The maximum Gasteiger partial charge on any atom is 0.338 e. The Morgan fingerprint density at radius 3 is 2.32 bits per heavy atom. The molecule has 1 N–H and O–H groups in total. The van der Waals surface area contributed by atoms with E-state index in [1.807, 2.05) is 0 Å². The van der Waals surface area contributed by atoms with Crippen molar-refractivity contribution >= 4 is 17.6 Å². The first kappa shape index (κ1) is 13.4. The highest BCUT2D eigenvalue weighted by Gasteiger charge is 2.20. The van der Waals surface area contributed by atoms with Crippen LogP contribution in [0.3, 0.4) is 0 Å². The summed E-state index contributed by atoms with van der Waals surface area (Å²) in [5.74, 6) is -5.15. The molecule has 0 radical (unpaired) electrons. The van der Waals surface area contributed by atoms with Gasteiger partial charge in [0, 0.05) is 16.1 Å². The van der Waals surface area contributed by atoms with Crippen molar-refractivity contribution in [3.8, 4) is 11.1 Å². The second-order valence-electron chi connectivity index (χ2n) is 3.72. The third-order valence-corrected chi connectivity index (χ3v) is 2.86. The molecule has 0 saturated carbocycles. The van der Waals surface area contributed by atoms with Crippen LogP contribution < -0.4 is 0 Å². The maximum absolute atomic E-state index is 13.8. The molecular formula is C13H6ClF3O2. The molecular weight excluding hydrogens is 281 g/mol. The van der Waals surface area contributed by atoms with Gasteiger partial charge in [-0.15, -0.1) is 0 Å². The van der Waals surface area contributed by atoms with Gasteiger partial charge in [-0.05, 0) is 24.3 Å². The smallest absolute Gasteiger partial charge is 0.338 e. The Morgan fingerprint density at radius 1 is 1.00 bits per heavy atom. The van der Waals surface area contributed by atoms with Crippen LogP contribution in [0.15, 0.2) is 30.3 Å². The van der Waals surface area contributed by atoms with E-state index < -0.39 is 29.0 Å². The van der Waals surface area contributed by atoms with Crippen molar-refractivity contribution in [2.24, 2.45) is 0 Å². The number of hydrogen-bond acceptors (Lipinski definition) is 1. The van der Waals surface area contributed by atoms with Gasteiger partial charge in [0.25, 0.3) is 0 Å². The largest absolute Gasteiger partial charge is 0.478 e. The third-order valence-electron chi connectivity index (χ3n) is 2.53. The number of carboxylic acids is 1. The van der Waals surface area contributed by atoms with E-state index in [2.05, 4.69) is 0 Å². The van der Waals surface area contributed by atoms with Gasteiger partial charge in [-0.3, -0.25) is 0 Å². The van der Waals surface area contributed by atoms with E-state index in [9.17, 15) is 18.0 Å². The highest BCUT2D eigenvalue weighted by molar-refractivity contribution is 6.33. The van der Waals surface area contributed by atoms with Gasteiger partial charge in [0.15, 0.2) is 11.6 Å². The van der Waals surface area contributed by atoms with Crippen LogP contribution in [-0.4, -0.2) is 11.1 Å². The van der Waals surface area contributed by atoms with Crippen LogP contribution in [0.2, 0.25) is 5.02 Å². The summed E-state index contributed by atoms with van der Waals surface area (Å²) >= 11 is 5.79. The van der Waals surface area contributed by atoms with Crippen LogP contribution in [0.1, 0.15) is 10.4 Å². The number of hydrogen-bond donors (Lipinski definition) is 1. The van der Waals surface area contributed by atoms with E-state index in [0.29, 0.717) is 0 Å². The molecule has 19 heavy (non-hydrogen) atoms. The normalized spacial score (nSPS) is 10.5. The summed E-state index contributed by atoms with van der Waals surface area (Å²) < 4.78 is 40.4. The lowest BCUT2D eigenvalue weighted by atomic mass is 10.0. The Labute approximate surface area is 111 Å². The number of benzene rings is 2. The number of carbonyl (C=O) groups is 1. The molecule has 0 aliphatic carbocycles. The van der Waals surface area contributed by atoms with Crippen molar-refractivity contribution in [1.82, 2.24) is 0 Å². The van der Waals surface area contributed by atoms with E-state index in [0.717, 1.165) is 24.3 Å². The fourth-order valence-electron chi connectivity index (χ4n) is 1.63. The van der Waals surface area contributed by atoms with Gasteiger partial charge in [-0.2, -0.15) is 0 Å².